The molecule has 0 saturated heterocycles. The molecule has 4 rings (SSSR count). The maximum Gasteiger partial charge on any atom is 0.416 e. The van der Waals surface area contributed by atoms with E-state index in [1.807, 2.05) is 0 Å². The van der Waals surface area contributed by atoms with Gasteiger partial charge in [-0.1, -0.05) is 24.3 Å². The van der Waals surface area contributed by atoms with Gasteiger partial charge in [-0.25, -0.2) is 9.48 Å². The summed E-state index contributed by atoms with van der Waals surface area (Å²) in [6, 6.07) is 16.8. The summed E-state index contributed by atoms with van der Waals surface area (Å²) in [6.07, 6.45) is -2.82. The van der Waals surface area contributed by atoms with Crippen molar-refractivity contribution in [2.75, 3.05) is 17.2 Å². The molecule has 4 aromatic rings. The molecule has 2 N–H and O–H groups in total. The topological polar surface area (TPSA) is 80.4 Å². The molecule has 32 heavy (non-hydrogen) atoms. The van der Waals surface area contributed by atoms with E-state index in [-0.39, 0.29) is 24.5 Å². The summed E-state index contributed by atoms with van der Waals surface area (Å²) in [6.45, 7) is 0.00411. The number of benzene rings is 2. The van der Waals surface area contributed by atoms with Crippen LogP contribution in [0.15, 0.2) is 77.7 Å². The molecule has 0 spiro atoms. The second-order valence-corrected chi connectivity index (χ2v) is 7.05. The number of alkyl halides is 3. The number of fused-ring (bicyclic) bond motifs is 1. The number of carbonyl (C=O) groups is 1. The summed E-state index contributed by atoms with van der Waals surface area (Å²) in [5, 5.41) is 9.65. The fraction of sp³-hybridized carbons (Fsp3) is 0.136. The summed E-state index contributed by atoms with van der Waals surface area (Å²) in [5.74, 6) is -0.426. The molecule has 0 saturated carbocycles. The zero-order valence-corrected chi connectivity index (χ0v) is 16.6. The zero-order valence-electron chi connectivity index (χ0n) is 16.6. The highest BCUT2D eigenvalue weighted by atomic mass is 19.4. The molecule has 2 heterocycles. The lowest BCUT2D eigenvalue weighted by Gasteiger charge is -2.11. The predicted molar refractivity (Wildman–Crippen MR) is 114 cm³/mol. The number of rotatable bonds is 6. The Bertz CT molecular complexity index is 1330. The lowest BCUT2D eigenvalue weighted by molar-refractivity contribution is -0.137. The number of carbonyl (C=O) groups excluding carboxylic acids is 1. The molecule has 1 amide bonds. The van der Waals surface area contributed by atoms with Gasteiger partial charge in [0, 0.05) is 17.6 Å². The molecule has 0 aliphatic heterocycles. The van der Waals surface area contributed by atoms with Gasteiger partial charge in [-0.2, -0.15) is 13.2 Å². The standard InChI is InChI=1S/C22H18F3N5O2/c23-22(24,25)16-6-4-7-17(12-16)26-13-20(31)27-18-8-3-5-15(11-18)14-30-21(32)29-10-2-1-9-19(29)28-30/h1-12,26H,13-14H2,(H,27,31). The van der Waals surface area contributed by atoms with Crippen molar-refractivity contribution < 1.29 is 18.0 Å². The van der Waals surface area contributed by atoms with E-state index in [0.717, 1.165) is 17.7 Å². The maximum atomic E-state index is 12.8. The van der Waals surface area contributed by atoms with Crippen LogP contribution in [0.2, 0.25) is 0 Å². The Hall–Kier alpha value is -4.08. The van der Waals surface area contributed by atoms with E-state index >= 15 is 0 Å². The highest BCUT2D eigenvalue weighted by Crippen LogP contribution is 2.30. The Morgan fingerprint density at radius 2 is 1.75 bits per heavy atom. The fourth-order valence-corrected chi connectivity index (χ4v) is 3.18. The van der Waals surface area contributed by atoms with Crippen LogP contribution in [0.3, 0.4) is 0 Å². The number of nitrogens with zero attached hydrogens (tertiary/aromatic N) is 3. The van der Waals surface area contributed by atoms with Gasteiger partial charge in [0.05, 0.1) is 18.7 Å². The molecule has 0 fully saturated rings. The first-order valence-corrected chi connectivity index (χ1v) is 9.64. The summed E-state index contributed by atoms with van der Waals surface area (Å²) in [7, 11) is 0. The molecule has 0 atom stereocenters. The number of nitrogens with one attached hydrogen (secondary N) is 2. The number of amides is 1. The minimum Gasteiger partial charge on any atom is -0.376 e. The average molecular weight is 441 g/mol. The van der Waals surface area contributed by atoms with E-state index in [1.54, 1.807) is 48.7 Å². The highest BCUT2D eigenvalue weighted by Gasteiger charge is 2.30. The quantitative estimate of drug-likeness (QED) is 0.479. The van der Waals surface area contributed by atoms with Crippen LogP contribution < -0.4 is 16.3 Å². The van der Waals surface area contributed by atoms with Crippen molar-refractivity contribution in [2.24, 2.45) is 0 Å². The smallest absolute Gasteiger partial charge is 0.376 e. The summed E-state index contributed by atoms with van der Waals surface area (Å²) >= 11 is 0. The van der Waals surface area contributed by atoms with Gasteiger partial charge in [-0.15, -0.1) is 5.10 Å². The third-order valence-corrected chi connectivity index (χ3v) is 4.67. The van der Waals surface area contributed by atoms with E-state index in [9.17, 15) is 22.8 Å². The lowest BCUT2D eigenvalue weighted by Crippen LogP contribution is -2.23. The van der Waals surface area contributed by atoms with E-state index in [0.29, 0.717) is 11.3 Å². The van der Waals surface area contributed by atoms with Crippen molar-refractivity contribution in [3.8, 4) is 0 Å². The molecule has 0 unspecified atom stereocenters. The first-order chi connectivity index (χ1) is 15.3. The molecular formula is C22H18F3N5O2. The SMILES string of the molecule is O=C(CNc1cccc(C(F)(F)F)c1)Nc1cccc(Cn2nc3ccccn3c2=O)c1. The Balaban J connectivity index is 1.40. The van der Waals surface area contributed by atoms with Crippen LogP contribution in [0.25, 0.3) is 5.65 Å². The Labute approximate surface area is 180 Å². The lowest BCUT2D eigenvalue weighted by atomic mass is 10.2. The number of pyridine rings is 1. The molecular weight excluding hydrogens is 423 g/mol. The van der Waals surface area contributed by atoms with Crippen molar-refractivity contribution in [3.05, 3.63) is 94.5 Å². The Morgan fingerprint density at radius 1 is 0.969 bits per heavy atom. The van der Waals surface area contributed by atoms with Crippen LogP contribution in [0, 0.1) is 0 Å². The van der Waals surface area contributed by atoms with Crippen molar-refractivity contribution >= 4 is 22.9 Å². The average Bonchev–Trinajstić information content (AvgIpc) is 3.08. The summed E-state index contributed by atoms with van der Waals surface area (Å²) in [5.41, 5.74) is 0.894. The number of hydrogen-bond acceptors (Lipinski definition) is 4. The van der Waals surface area contributed by atoms with E-state index in [2.05, 4.69) is 15.7 Å². The van der Waals surface area contributed by atoms with Gasteiger partial charge in [-0.3, -0.25) is 9.20 Å². The second kappa shape index (κ2) is 8.58. The van der Waals surface area contributed by atoms with Gasteiger partial charge in [0.2, 0.25) is 5.91 Å². The molecule has 0 radical (unpaired) electrons. The van der Waals surface area contributed by atoms with E-state index < -0.39 is 17.6 Å². The van der Waals surface area contributed by atoms with E-state index in [4.69, 9.17) is 0 Å². The number of anilines is 2. The van der Waals surface area contributed by atoms with Crippen molar-refractivity contribution in [2.45, 2.75) is 12.7 Å². The Kier molecular flexibility index (Phi) is 5.67. The monoisotopic (exact) mass is 441 g/mol. The molecule has 2 aromatic carbocycles. The van der Waals surface area contributed by atoms with Crippen LogP contribution in [0.5, 0.6) is 0 Å². The molecule has 164 valence electrons. The third kappa shape index (κ3) is 4.80. The van der Waals surface area contributed by atoms with Crippen molar-refractivity contribution in [3.63, 3.8) is 0 Å². The molecule has 10 heteroatoms. The summed E-state index contributed by atoms with van der Waals surface area (Å²) < 4.78 is 41.2. The second-order valence-electron chi connectivity index (χ2n) is 7.05. The highest BCUT2D eigenvalue weighted by molar-refractivity contribution is 5.93. The molecule has 0 bridgehead atoms. The predicted octanol–water partition coefficient (Wildman–Crippen LogP) is 3.61. The van der Waals surface area contributed by atoms with Crippen LogP contribution in [-0.4, -0.2) is 26.6 Å². The van der Waals surface area contributed by atoms with Gasteiger partial charge in [0.25, 0.3) is 0 Å². The van der Waals surface area contributed by atoms with Crippen molar-refractivity contribution in [1.29, 1.82) is 0 Å². The molecule has 7 nitrogen and oxygen atoms in total. The van der Waals surface area contributed by atoms with Gasteiger partial charge in [-0.05, 0) is 48.0 Å². The zero-order chi connectivity index (χ0) is 22.7. The van der Waals surface area contributed by atoms with Crippen LogP contribution in [0.4, 0.5) is 24.5 Å². The normalized spacial score (nSPS) is 11.5. The van der Waals surface area contributed by atoms with Crippen molar-refractivity contribution in [1.82, 2.24) is 14.2 Å². The van der Waals surface area contributed by atoms with Crippen LogP contribution in [-0.2, 0) is 17.5 Å². The maximum absolute atomic E-state index is 12.8. The van der Waals surface area contributed by atoms with Gasteiger partial charge >= 0.3 is 11.9 Å². The molecule has 0 aliphatic rings. The fourth-order valence-electron chi connectivity index (χ4n) is 3.18. The largest absolute Gasteiger partial charge is 0.416 e. The molecule has 0 aliphatic carbocycles. The Morgan fingerprint density at radius 3 is 2.53 bits per heavy atom. The summed E-state index contributed by atoms with van der Waals surface area (Å²) in [4.78, 5) is 24.7. The van der Waals surface area contributed by atoms with Gasteiger partial charge in [0.15, 0.2) is 5.65 Å². The molecule has 2 aromatic heterocycles. The van der Waals surface area contributed by atoms with Crippen LogP contribution >= 0.6 is 0 Å². The van der Waals surface area contributed by atoms with Crippen LogP contribution in [0.1, 0.15) is 11.1 Å². The minimum atomic E-state index is -4.46. The van der Waals surface area contributed by atoms with Gasteiger partial charge < -0.3 is 10.6 Å². The van der Waals surface area contributed by atoms with E-state index in [1.165, 1.54) is 21.2 Å². The number of halogens is 3. The number of hydrogen-bond donors (Lipinski definition) is 2. The minimum absolute atomic E-state index is 0.190. The van der Waals surface area contributed by atoms with Gasteiger partial charge in [0.1, 0.15) is 0 Å². The number of aromatic nitrogens is 3. The first kappa shape index (κ1) is 21.2. The third-order valence-electron chi connectivity index (χ3n) is 4.67. The first-order valence-electron chi connectivity index (χ1n) is 9.64.